The van der Waals surface area contributed by atoms with Crippen LogP contribution in [0.5, 0.6) is 0 Å². The molecule has 0 unspecified atom stereocenters. The summed E-state index contributed by atoms with van der Waals surface area (Å²) < 4.78 is 0. The Balaban J connectivity index is 1.77. The number of oxime groups is 1. The molecule has 0 bridgehead atoms. The molecule has 1 aromatic rings. The summed E-state index contributed by atoms with van der Waals surface area (Å²) in [4.78, 5) is 41.3. The van der Waals surface area contributed by atoms with Gasteiger partial charge in [0.15, 0.2) is 10.8 Å². The van der Waals surface area contributed by atoms with Crippen LogP contribution in [-0.4, -0.2) is 72.6 Å². The second-order valence-electron chi connectivity index (χ2n) is 5.61. The number of hydrogen-bond acceptors (Lipinski definition) is 10. The Hall–Kier alpha value is -2.64. The number of aromatic nitrogens is 1. The van der Waals surface area contributed by atoms with Crippen molar-refractivity contribution < 1.29 is 29.8 Å². The molecule has 144 valence electrons. The Morgan fingerprint density at radius 3 is 2.78 bits per heavy atom. The van der Waals surface area contributed by atoms with Crippen LogP contribution in [0, 0.1) is 0 Å². The molecule has 2 aliphatic heterocycles. The van der Waals surface area contributed by atoms with Crippen LogP contribution in [0.4, 0.5) is 5.13 Å². The van der Waals surface area contributed by atoms with Gasteiger partial charge < -0.3 is 26.5 Å². The minimum Gasteiger partial charge on any atom is -0.477 e. The third-order valence-corrected chi connectivity index (χ3v) is 6.04. The van der Waals surface area contributed by atoms with Gasteiger partial charge in [-0.2, -0.15) is 0 Å². The number of carbonyl (C=O) groups excluding carboxylic acids is 2. The van der Waals surface area contributed by atoms with E-state index in [0.29, 0.717) is 11.3 Å². The highest BCUT2D eigenvalue weighted by Gasteiger charge is 2.54. The SMILES string of the molecule is Nc1nc(/C(=N\O)C(=O)N[C@@H]2C(=O)N3C(C(=O)O)=C(CCO)CS[C@H]23)cs1. The molecule has 0 saturated carbocycles. The number of nitrogens with zero attached hydrogens (tertiary/aromatic N) is 3. The number of amides is 2. The van der Waals surface area contributed by atoms with Gasteiger partial charge in [0, 0.05) is 17.7 Å². The maximum atomic E-state index is 12.4. The molecule has 13 heteroatoms. The number of aliphatic hydroxyl groups excluding tert-OH is 1. The van der Waals surface area contributed by atoms with E-state index in [0.717, 1.165) is 16.2 Å². The fraction of sp³-hybridized carbons (Fsp3) is 0.357. The predicted octanol–water partition coefficient (Wildman–Crippen LogP) is -0.975. The molecule has 27 heavy (non-hydrogen) atoms. The molecular formula is C14H15N5O6S2. The average Bonchev–Trinajstić information content (AvgIpc) is 3.05. The molecule has 0 aromatic carbocycles. The van der Waals surface area contributed by atoms with Crippen molar-refractivity contribution in [2.24, 2.45) is 5.16 Å². The van der Waals surface area contributed by atoms with E-state index >= 15 is 0 Å². The first kappa shape index (κ1) is 19.1. The molecule has 1 fully saturated rings. The minimum absolute atomic E-state index is 0.0637. The maximum absolute atomic E-state index is 12.4. The topological polar surface area (TPSA) is 178 Å². The lowest BCUT2D eigenvalue weighted by Crippen LogP contribution is -2.71. The molecule has 0 aliphatic carbocycles. The first-order chi connectivity index (χ1) is 12.9. The van der Waals surface area contributed by atoms with Crippen molar-refractivity contribution >= 4 is 51.7 Å². The van der Waals surface area contributed by atoms with E-state index < -0.39 is 34.9 Å². The maximum Gasteiger partial charge on any atom is 0.352 e. The largest absolute Gasteiger partial charge is 0.477 e. The fourth-order valence-corrected chi connectivity index (χ4v) is 4.76. The average molecular weight is 413 g/mol. The number of nitrogen functional groups attached to an aromatic ring is 1. The van der Waals surface area contributed by atoms with Crippen LogP contribution < -0.4 is 11.1 Å². The number of carboxylic acid groups (broad SMARTS) is 1. The van der Waals surface area contributed by atoms with Gasteiger partial charge in [-0.1, -0.05) is 5.16 Å². The Kier molecular flexibility index (Phi) is 5.34. The highest BCUT2D eigenvalue weighted by molar-refractivity contribution is 8.00. The van der Waals surface area contributed by atoms with E-state index in [9.17, 15) is 19.5 Å². The summed E-state index contributed by atoms with van der Waals surface area (Å²) in [5, 5.41) is 34.0. The number of nitrogens with two attached hydrogens (primary N) is 1. The van der Waals surface area contributed by atoms with Crippen LogP contribution in [0.15, 0.2) is 21.8 Å². The summed E-state index contributed by atoms with van der Waals surface area (Å²) in [7, 11) is 0. The van der Waals surface area contributed by atoms with Gasteiger partial charge in [0.2, 0.25) is 0 Å². The number of anilines is 1. The first-order valence-electron chi connectivity index (χ1n) is 7.64. The second kappa shape index (κ2) is 7.54. The van der Waals surface area contributed by atoms with Crippen molar-refractivity contribution in [3.8, 4) is 0 Å². The number of aliphatic hydroxyl groups is 1. The Labute approximate surface area is 160 Å². The molecule has 2 aliphatic rings. The first-order valence-corrected chi connectivity index (χ1v) is 9.57. The molecule has 1 aromatic heterocycles. The van der Waals surface area contributed by atoms with Gasteiger partial charge in [-0.3, -0.25) is 14.5 Å². The zero-order valence-electron chi connectivity index (χ0n) is 13.7. The van der Waals surface area contributed by atoms with Gasteiger partial charge in [0.1, 0.15) is 22.8 Å². The number of nitrogens with one attached hydrogen (secondary N) is 1. The van der Waals surface area contributed by atoms with Crippen LogP contribution in [-0.2, 0) is 14.4 Å². The minimum atomic E-state index is -1.27. The lowest BCUT2D eigenvalue weighted by atomic mass is 10.0. The smallest absolute Gasteiger partial charge is 0.352 e. The zero-order chi connectivity index (χ0) is 19.7. The third-order valence-electron chi connectivity index (χ3n) is 4.03. The number of thioether (sulfide) groups is 1. The van der Waals surface area contributed by atoms with E-state index in [4.69, 9.17) is 16.0 Å². The number of carboxylic acids is 1. The number of β-lactam (4-membered cyclic amide) rings is 1. The van der Waals surface area contributed by atoms with Gasteiger partial charge in [0.25, 0.3) is 11.8 Å². The van der Waals surface area contributed by atoms with Gasteiger partial charge >= 0.3 is 5.97 Å². The monoisotopic (exact) mass is 413 g/mol. The van der Waals surface area contributed by atoms with Crippen molar-refractivity contribution in [1.29, 1.82) is 0 Å². The molecule has 6 N–H and O–H groups in total. The van der Waals surface area contributed by atoms with Crippen LogP contribution in [0.3, 0.4) is 0 Å². The highest BCUT2D eigenvalue weighted by Crippen LogP contribution is 2.41. The summed E-state index contributed by atoms with van der Waals surface area (Å²) in [5.74, 6) is -2.38. The van der Waals surface area contributed by atoms with Crippen LogP contribution >= 0.6 is 23.1 Å². The fourth-order valence-electron chi connectivity index (χ4n) is 2.83. The van der Waals surface area contributed by atoms with Crippen LogP contribution in [0.2, 0.25) is 0 Å². The molecule has 1 saturated heterocycles. The lowest BCUT2D eigenvalue weighted by molar-refractivity contribution is -0.150. The molecule has 0 radical (unpaired) electrons. The predicted molar refractivity (Wildman–Crippen MR) is 96.2 cm³/mol. The van der Waals surface area contributed by atoms with Crippen molar-refractivity contribution in [3.63, 3.8) is 0 Å². The zero-order valence-corrected chi connectivity index (χ0v) is 15.3. The van der Waals surface area contributed by atoms with E-state index in [-0.39, 0.29) is 29.6 Å². The van der Waals surface area contributed by atoms with Gasteiger partial charge in [-0.25, -0.2) is 9.78 Å². The van der Waals surface area contributed by atoms with E-state index in [2.05, 4.69) is 15.5 Å². The molecule has 3 heterocycles. The molecule has 2 atom stereocenters. The van der Waals surface area contributed by atoms with Gasteiger partial charge in [0.05, 0.1) is 0 Å². The summed E-state index contributed by atoms with van der Waals surface area (Å²) in [6.07, 6.45) is 0.148. The van der Waals surface area contributed by atoms with E-state index in [1.54, 1.807) is 0 Å². The lowest BCUT2D eigenvalue weighted by Gasteiger charge is -2.49. The molecule has 11 nitrogen and oxygen atoms in total. The number of carbonyl (C=O) groups is 3. The molecular weight excluding hydrogens is 398 g/mol. The van der Waals surface area contributed by atoms with E-state index in [1.807, 2.05) is 0 Å². The van der Waals surface area contributed by atoms with Crippen LogP contribution in [0.1, 0.15) is 12.1 Å². The van der Waals surface area contributed by atoms with Crippen molar-refractivity contribution in [3.05, 3.63) is 22.3 Å². The standard InChI is InChI=1S/C14H15N5O6S2/c15-14-16-6(4-27-14)7(18-25)10(21)17-8-11(22)19-9(13(23)24)5(1-2-20)3-26-12(8)19/h4,8,12,20,25H,1-3H2,(H2,15,16)(H,17,21)(H,23,24)/b18-7+/t8-,12-/m1/s1. The van der Waals surface area contributed by atoms with Crippen molar-refractivity contribution in [2.45, 2.75) is 17.8 Å². The van der Waals surface area contributed by atoms with Crippen LogP contribution in [0.25, 0.3) is 0 Å². The van der Waals surface area contributed by atoms with E-state index in [1.165, 1.54) is 17.1 Å². The molecule has 0 spiro atoms. The van der Waals surface area contributed by atoms with Gasteiger partial charge in [-0.15, -0.1) is 23.1 Å². The summed E-state index contributed by atoms with van der Waals surface area (Å²) in [6, 6.07) is -0.972. The quantitative estimate of drug-likeness (QED) is 0.170. The highest BCUT2D eigenvalue weighted by atomic mass is 32.2. The number of hydrogen-bond donors (Lipinski definition) is 5. The number of rotatable bonds is 6. The van der Waals surface area contributed by atoms with Crippen molar-refractivity contribution in [2.75, 3.05) is 18.1 Å². The molecule has 2 amide bonds. The Morgan fingerprint density at radius 1 is 1.48 bits per heavy atom. The Bertz CT molecular complexity index is 866. The third kappa shape index (κ3) is 3.36. The normalized spacial score (nSPS) is 22.3. The van der Waals surface area contributed by atoms with Crippen molar-refractivity contribution in [1.82, 2.24) is 15.2 Å². The second-order valence-corrected chi connectivity index (χ2v) is 7.61. The van der Waals surface area contributed by atoms with Gasteiger partial charge in [-0.05, 0) is 12.0 Å². The number of aliphatic carboxylic acids is 1. The number of thiazole rings is 1. The molecule has 3 rings (SSSR count). The number of fused-ring (bicyclic) bond motifs is 1. The summed E-state index contributed by atoms with van der Waals surface area (Å²) in [6.45, 7) is -0.230. The Morgan fingerprint density at radius 2 is 2.22 bits per heavy atom. The summed E-state index contributed by atoms with van der Waals surface area (Å²) >= 11 is 2.33. The summed E-state index contributed by atoms with van der Waals surface area (Å²) in [5.41, 5.74) is 5.46.